The normalized spacial score (nSPS) is 15.0. The number of rotatable bonds is 5. The van der Waals surface area contributed by atoms with Crippen molar-refractivity contribution in [2.24, 2.45) is 0 Å². The Bertz CT molecular complexity index is 586. The van der Waals surface area contributed by atoms with Crippen molar-refractivity contribution in [1.82, 2.24) is 15.1 Å². The smallest absolute Gasteiger partial charge is 0.321 e. The van der Waals surface area contributed by atoms with Gasteiger partial charge in [0.1, 0.15) is 0 Å². The Labute approximate surface area is 150 Å². The Balaban J connectivity index is 1.83. The van der Waals surface area contributed by atoms with E-state index in [-0.39, 0.29) is 17.5 Å². The Kier molecular flexibility index (Phi) is 6.42. The van der Waals surface area contributed by atoms with Gasteiger partial charge in [0.15, 0.2) is 0 Å². The number of nitrogens with one attached hydrogen (secondary N) is 2. The zero-order valence-electron chi connectivity index (χ0n) is 15.8. The van der Waals surface area contributed by atoms with E-state index >= 15 is 0 Å². The number of carbonyl (C=O) groups excluding carboxylic acids is 2. The highest BCUT2D eigenvalue weighted by molar-refractivity contribution is 5.95. The van der Waals surface area contributed by atoms with Gasteiger partial charge in [0.2, 0.25) is 0 Å². The van der Waals surface area contributed by atoms with Gasteiger partial charge in [-0.3, -0.25) is 4.79 Å². The minimum atomic E-state index is -0.276. The Morgan fingerprint density at radius 1 is 1.12 bits per heavy atom. The van der Waals surface area contributed by atoms with E-state index in [0.717, 1.165) is 19.6 Å². The molecule has 0 aromatic heterocycles. The molecule has 3 amide bonds. The summed E-state index contributed by atoms with van der Waals surface area (Å²) in [6.07, 6.45) is 2.51. The Morgan fingerprint density at radius 3 is 2.28 bits per heavy atom. The lowest BCUT2D eigenvalue weighted by molar-refractivity contribution is 0.0919. The third-order valence-electron chi connectivity index (χ3n) is 4.18. The van der Waals surface area contributed by atoms with E-state index < -0.39 is 0 Å². The highest BCUT2D eigenvalue weighted by Crippen LogP contribution is 2.12. The molecule has 1 fully saturated rings. The summed E-state index contributed by atoms with van der Waals surface area (Å²) in [5.41, 5.74) is 0.989. The van der Waals surface area contributed by atoms with Crippen LogP contribution in [0.3, 0.4) is 0 Å². The highest BCUT2D eigenvalue weighted by Gasteiger charge is 2.16. The van der Waals surface area contributed by atoms with Crippen molar-refractivity contribution in [3.8, 4) is 0 Å². The maximum Gasteiger partial charge on any atom is 0.321 e. The van der Waals surface area contributed by atoms with E-state index in [1.165, 1.54) is 12.8 Å². The second-order valence-corrected chi connectivity index (χ2v) is 7.68. The number of likely N-dealkylation sites (tertiary alicyclic amines) is 1. The van der Waals surface area contributed by atoms with Gasteiger partial charge in [-0.1, -0.05) is 0 Å². The molecule has 1 aromatic rings. The quantitative estimate of drug-likeness (QED) is 0.862. The van der Waals surface area contributed by atoms with Crippen LogP contribution in [0.15, 0.2) is 24.3 Å². The first-order valence-electron chi connectivity index (χ1n) is 8.92. The fourth-order valence-electron chi connectivity index (χ4n) is 2.74. The van der Waals surface area contributed by atoms with Gasteiger partial charge in [-0.25, -0.2) is 4.79 Å². The first kappa shape index (κ1) is 19.2. The Morgan fingerprint density at radius 2 is 1.72 bits per heavy atom. The maximum atomic E-state index is 12.2. The zero-order valence-corrected chi connectivity index (χ0v) is 15.8. The number of hydrogen-bond donors (Lipinski definition) is 2. The first-order valence-corrected chi connectivity index (χ1v) is 8.92. The monoisotopic (exact) mass is 346 g/mol. The van der Waals surface area contributed by atoms with Crippen LogP contribution in [0.2, 0.25) is 0 Å². The standard InChI is InChI=1S/C19H30N4O2/c1-19(2,3)21-17(24)15-7-9-16(10-8-15)20-18(25)22(4)13-14-23-11-5-6-12-23/h7-10H,5-6,11-14H2,1-4H3,(H,20,25)(H,21,24). The van der Waals surface area contributed by atoms with Crippen molar-refractivity contribution in [1.29, 1.82) is 0 Å². The molecule has 0 spiro atoms. The average Bonchev–Trinajstić information content (AvgIpc) is 3.05. The third kappa shape index (κ3) is 6.38. The molecule has 0 radical (unpaired) electrons. The molecule has 1 aliphatic heterocycles. The van der Waals surface area contributed by atoms with Gasteiger partial charge in [-0.2, -0.15) is 0 Å². The van der Waals surface area contributed by atoms with Gasteiger partial charge in [-0.15, -0.1) is 0 Å². The molecule has 0 atom stereocenters. The molecule has 0 saturated carbocycles. The molecule has 1 saturated heterocycles. The number of benzene rings is 1. The van der Waals surface area contributed by atoms with Gasteiger partial charge in [0.05, 0.1) is 0 Å². The summed E-state index contributed by atoms with van der Waals surface area (Å²) < 4.78 is 0. The van der Waals surface area contributed by atoms with Crippen LogP contribution in [0.5, 0.6) is 0 Å². The second-order valence-electron chi connectivity index (χ2n) is 7.68. The molecule has 0 bridgehead atoms. The lowest BCUT2D eigenvalue weighted by atomic mass is 10.1. The van der Waals surface area contributed by atoms with Crippen molar-refractivity contribution < 1.29 is 9.59 Å². The van der Waals surface area contributed by atoms with Crippen LogP contribution in [0.4, 0.5) is 10.5 Å². The van der Waals surface area contributed by atoms with Crippen LogP contribution in [0.1, 0.15) is 44.0 Å². The van der Waals surface area contributed by atoms with Gasteiger partial charge in [-0.05, 0) is 71.0 Å². The molecule has 1 aliphatic rings. The van der Waals surface area contributed by atoms with Gasteiger partial charge in [0, 0.05) is 36.9 Å². The van der Waals surface area contributed by atoms with Crippen molar-refractivity contribution in [2.45, 2.75) is 39.2 Å². The fraction of sp³-hybridized carbons (Fsp3) is 0.579. The molecule has 6 nitrogen and oxygen atoms in total. The van der Waals surface area contributed by atoms with Gasteiger partial charge < -0.3 is 20.4 Å². The summed E-state index contributed by atoms with van der Waals surface area (Å²) in [6, 6.07) is 6.82. The number of nitrogens with zero attached hydrogens (tertiary/aromatic N) is 2. The molecular formula is C19H30N4O2. The summed E-state index contributed by atoms with van der Waals surface area (Å²) in [5.74, 6) is -0.117. The third-order valence-corrected chi connectivity index (χ3v) is 4.18. The highest BCUT2D eigenvalue weighted by atomic mass is 16.2. The van der Waals surface area contributed by atoms with Gasteiger partial charge >= 0.3 is 6.03 Å². The number of carbonyl (C=O) groups is 2. The molecule has 2 rings (SSSR count). The van der Waals surface area contributed by atoms with Crippen LogP contribution >= 0.6 is 0 Å². The minimum Gasteiger partial charge on any atom is -0.347 e. The summed E-state index contributed by atoms with van der Waals surface area (Å²) in [6.45, 7) is 9.71. The summed E-state index contributed by atoms with van der Waals surface area (Å²) in [4.78, 5) is 28.4. The van der Waals surface area contributed by atoms with Crippen molar-refractivity contribution in [3.63, 3.8) is 0 Å². The van der Waals surface area contributed by atoms with E-state index in [1.54, 1.807) is 36.2 Å². The number of amides is 3. The molecule has 1 heterocycles. The van der Waals surface area contributed by atoms with Crippen LogP contribution in [0.25, 0.3) is 0 Å². The summed E-state index contributed by atoms with van der Waals surface area (Å²) in [5, 5.41) is 5.79. The van der Waals surface area contributed by atoms with Gasteiger partial charge in [0.25, 0.3) is 5.91 Å². The summed E-state index contributed by atoms with van der Waals surface area (Å²) in [7, 11) is 1.80. The largest absolute Gasteiger partial charge is 0.347 e. The minimum absolute atomic E-state index is 0.117. The molecule has 1 aromatic carbocycles. The van der Waals surface area contributed by atoms with E-state index in [1.807, 2.05) is 20.8 Å². The SMILES string of the molecule is CN(CCN1CCCC1)C(=O)Nc1ccc(C(=O)NC(C)(C)C)cc1. The number of anilines is 1. The zero-order chi connectivity index (χ0) is 18.4. The first-order chi connectivity index (χ1) is 11.7. The van der Waals surface area contributed by atoms with E-state index in [4.69, 9.17) is 0 Å². The second kappa shape index (κ2) is 8.34. The molecule has 138 valence electrons. The predicted octanol–water partition coefficient (Wildman–Crippen LogP) is 2.77. The van der Waals surface area contributed by atoms with Crippen LogP contribution in [-0.4, -0.2) is 60.5 Å². The van der Waals surface area contributed by atoms with E-state index in [2.05, 4.69) is 15.5 Å². The fourth-order valence-corrected chi connectivity index (χ4v) is 2.74. The van der Waals surface area contributed by atoms with Crippen LogP contribution in [0, 0.1) is 0 Å². The number of likely N-dealkylation sites (N-methyl/N-ethyl adjacent to an activating group) is 1. The predicted molar refractivity (Wildman–Crippen MR) is 101 cm³/mol. The molecular weight excluding hydrogens is 316 g/mol. The average molecular weight is 346 g/mol. The van der Waals surface area contributed by atoms with Crippen molar-refractivity contribution >= 4 is 17.6 Å². The molecule has 0 unspecified atom stereocenters. The Hall–Kier alpha value is -2.08. The van der Waals surface area contributed by atoms with Crippen molar-refractivity contribution in [2.75, 3.05) is 38.5 Å². The van der Waals surface area contributed by atoms with E-state index in [9.17, 15) is 9.59 Å². The van der Waals surface area contributed by atoms with Crippen molar-refractivity contribution in [3.05, 3.63) is 29.8 Å². The summed E-state index contributed by atoms with van der Waals surface area (Å²) >= 11 is 0. The number of hydrogen-bond acceptors (Lipinski definition) is 3. The topological polar surface area (TPSA) is 64.7 Å². The molecule has 6 heteroatoms. The molecule has 0 aliphatic carbocycles. The molecule has 25 heavy (non-hydrogen) atoms. The van der Waals surface area contributed by atoms with E-state index in [0.29, 0.717) is 17.8 Å². The van der Waals surface area contributed by atoms with Crippen LogP contribution < -0.4 is 10.6 Å². The lowest BCUT2D eigenvalue weighted by Crippen LogP contribution is -2.40. The maximum absolute atomic E-state index is 12.2. The molecule has 2 N–H and O–H groups in total. The van der Waals surface area contributed by atoms with Crippen LogP contribution in [-0.2, 0) is 0 Å². The lowest BCUT2D eigenvalue weighted by Gasteiger charge is -2.22. The number of urea groups is 1.